The lowest BCUT2D eigenvalue weighted by Crippen LogP contribution is -2.41. The molecule has 120 valence electrons. The zero-order valence-electron chi connectivity index (χ0n) is 11.5. The lowest BCUT2D eigenvalue weighted by molar-refractivity contribution is -0.123. The number of nitrogen functional groups attached to an aromatic ring is 1. The summed E-state index contributed by atoms with van der Waals surface area (Å²) in [6.07, 6.45) is -3.00. The molecule has 3 N–H and O–H groups in total. The molecule has 5 nitrogen and oxygen atoms in total. The van der Waals surface area contributed by atoms with E-state index in [1.54, 1.807) is 17.3 Å². The molecule has 1 amide bonds. The van der Waals surface area contributed by atoms with E-state index in [4.69, 9.17) is 5.73 Å². The molecule has 0 aliphatic carbocycles. The summed E-state index contributed by atoms with van der Waals surface area (Å²) in [5.74, 6) is -5.34. The number of carbonyl (C=O) groups excluding carboxylic acids is 1. The molecule has 0 aromatic carbocycles. The minimum absolute atomic E-state index is 0.0713. The summed E-state index contributed by atoms with van der Waals surface area (Å²) < 4.78 is 49.5. The van der Waals surface area contributed by atoms with Crippen LogP contribution in [-0.4, -0.2) is 43.4 Å². The fourth-order valence-electron chi connectivity index (χ4n) is 1.43. The van der Waals surface area contributed by atoms with Crippen LogP contribution >= 0.6 is 11.3 Å². The molecular weight excluding hydrogens is 312 g/mol. The average Bonchev–Trinajstić information content (AvgIpc) is 2.78. The number of thiazole rings is 1. The SMILES string of the molecule is CCCN(C)c1nc(N)c(C(=O)NCC(F)(F)C(F)F)s1. The van der Waals surface area contributed by atoms with Crippen molar-refractivity contribution < 1.29 is 22.4 Å². The highest BCUT2D eigenvalue weighted by Crippen LogP contribution is 2.28. The van der Waals surface area contributed by atoms with Crippen LogP contribution in [0.4, 0.5) is 28.5 Å². The van der Waals surface area contributed by atoms with E-state index >= 15 is 0 Å². The summed E-state index contributed by atoms with van der Waals surface area (Å²) in [6, 6.07) is 0. The van der Waals surface area contributed by atoms with Crippen molar-refractivity contribution in [1.82, 2.24) is 10.3 Å². The van der Waals surface area contributed by atoms with E-state index in [2.05, 4.69) is 4.98 Å². The second-order valence-corrected chi connectivity index (χ2v) is 5.35. The molecule has 0 fully saturated rings. The van der Waals surface area contributed by atoms with Gasteiger partial charge in [-0.15, -0.1) is 0 Å². The molecule has 21 heavy (non-hydrogen) atoms. The number of amides is 1. The molecule has 1 heterocycles. The number of nitrogens with one attached hydrogen (secondary N) is 1. The molecule has 0 unspecified atom stereocenters. The third-order valence-corrected chi connectivity index (χ3v) is 3.72. The Labute approximate surface area is 123 Å². The minimum Gasteiger partial charge on any atom is -0.382 e. The van der Waals surface area contributed by atoms with Gasteiger partial charge in [0.1, 0.15) is 10.7 Å². The smallest absolute Gasteiger partial charge is 0.324 e. The minimum atomic E-state index is -4.28. The van der Waals surface area contributed by atoms with Crippen molar-refractivity contribution in [1.29, 1.82) is 0 Å². The van der Waals surface area contributed by atoms with Gasteiger partial charge < -0.3 is 16.0 Å². The van der Waals surface area contributed by atoms with Crippen molar-refractivity contribution in [3.63, 3.8) is 0 Å². The molecule has 0 aliphatic rings. The Kier molecular flexibility index (Phi) is 5.76. The van der Waals surface area contributed by atoms with Gasteiger partial charge >= 0.3 is 12.3 Å². The third kappa shape index (κ3) is 4.45. The monoisotopic (exact) mass is 328 g/mol. The summed E-state index contributed by atoms with van der Waals surface area (Å²) in [6.45, 7) is 1.17. The molecule has 1 aromatic rings. The molecule has 1 rings (SSSR count). The van der Waals surface area contributed by atoms with Crippen LogP contribution in [0.3, 0.4) is 0 Å². The Balaban J connectivity index is 2.75. The maximum atomic E-state index is 12.7. The summed E-state index contributed by atoms with van der Waals surface area (Å²) >= 11 is 0.920. The first-order valence-electron chi connectivity index (χ1n) is 6.10. The Morgan fingerprint density at radius 1 is 1.52 bits per heavy atom. The van der Waals surface area contributed by atoms with E-state index in [1.807, 2.05) is 6.92 Å². The molecule has 0 saturated heterocycles. The number of hydrogen-bond donors (Lipinski definition) is 2. The largest absolute Gasteiger partial charge is 0.382 e. The number of rotatable bonds is 7. The summed E-state index contributed by atoms with van der Waals surface area (Å²) in [5, 5.41) is 2.21. The zero-order chi connectivity index (χ0) is 16.2. The first kappa shape index (κ1) is 17.5. The number of aromatic nitrogens is 1. The second kappa shape index (κ2) is 6.92. The number of halogens is 4. The second-order valence-electron chi connectivity index (χ2n) is 4.38. The highest BCUT2D eigenvalue weighted by Gasteiger charge is 2.41. The standard InChI is InChI=1S/C11H16F4N4OS/c1-3-4-19(2)10-18-7(16)6(21-10)8(20)17-5-11(14,15)9(12)13/h9H,3-5,16H2,1-2H3,(H,17,20). The quantitative estimate of drug-likeness (QED) is 0.753. The predicted molar refractivity (Wildman–Crippen MR) is 73.4 cm³/mol. The molecule has 0 radical (unpaired) electrons. The highest BCUT2D eigenvalue weighted by atomic mass is 32.1. The van der Waals surface area contributed by atoms with Crippen molar-refractivity contribution in [2.75, 3.05) is 30.8 Å². The average molecular weight is 328 g/mol. The number of nitrogens with two attached hydrogens (primary N) is 1. The molecule has 0 atom stereocenters. The third-order valence-electron chi connectivity index (χ3n) is 2.54. The topological polar surface area (TPSA) is 71.2 Å². The Bertz CT molecular complexity index is 495. The molecule has 0 aliphatic heterocycles. The van der Waals surface area contributed by atoms with Gasteiger partial charge in [-0.25, -0.2) is 13.8 Å². The predicted octanol–water partition coefficient (Wildman–Crippen LogP) is 2.20. The fraction of sp³-hybridized carbons (Fsp3) is 0.636. The van der Waals surface area contributed by atoms with Crippen molar-refractivity contribution in [3.8, 4) is 0 Å². The van der Waals surface area contributed by atoms with Crippen LogP contribution in [0.25, 0.3) is 0 Å². The van der Waals surface area contributed by atoms with E-state index in [-0.39, 0.29) is 10.7 Å². The van der Waals surface area contributed by atoms with Crippen LogP contribution in [0.2, 0.25) is 0 Å². The van der Waals surface area contributed by atoms with E-state index in [1.165, 1.54) is 0 Å². The van der Waals surface area contributed by atoms with Gasteiger partial charge in [0, 0.05) is 13.6 Å². The van der Waals surface area contributed by atoms with Crippen LogP contribution in [0, 0.1) is 0 Å². The Morgan fingerprint density at radius 2 is 2.14 bits per heavy atom. The van der Waals surface area contributed by atoms with Gasteiger partial charge in [-0.05, 0) is 6.42 Å². The first-order chi connectivity index (χ1) is 9.69. The molecule has 1 aromatic heterocycles. The van der Waals surface area contributed by atoms with Crippen molar-refractivity contribution >= 4 is 28.2 Å². The van der Waals surface area contributed by atoms with Gasteiger partial charge in [0.2, 0.25) is 0 Å². The van der Waals surface area contributed by atoms with Gasteiger partial charge in [0.15, 0.2) is 5.13 Å². The maximum absolute atomic E-state index is 12.7. The van der Waals surface area contributed by atoms with E-state index < -0.39 is 24.8 Å². The van der Waals surface area contributed by atoms with Gasteiger partial charge in [0.25, 0.3) is 5.91 Å². The van der Waals surface area contributed by atoms with Gasteiger partial charge in [-0.3, -0.25) is 4.79 Å². The van der Waals surface area contributed by atoms with Crippen LogP contribution in [-0.2, 0) is 0 Å². The lowest BCUT2D eigenvalue weighted by Gasteiger charge is -2.15. The summed E-state index contributed by atoms with van der Waals surface area (Å²) in [4.78, 5) is 17.4. The zero-order valence-corrected chi connectivity index (χ0v) is 12.3. The number of alkyl halides is 4. The molecular formula is C11H16F4N4OS. The Hall–Kier alpha value is -1.58. The Morgan fingerprint density at radius 3 is 2.67 bits per heavy atom. The molecule has 10 heteroatoms. The highest BCUT2D eigenvalue weighted by molar-refractivity contribution is 7.18. The van der Waals surface area contributed by atoms with Crippen molar-refractivity contribution in [3.05, 3.63) is 4.88 Å². The van der Waals surface area contributed by atoms with Crippen molar-refractivity contribution in [2.24, 2.45) is 0 Å². The van der Waals surface area contributed by atoms with Gasteiger partial charge in [-0.2, -0.15) is 8.78 Å². The molecule has 0 bridgehead atoms. The van der Waals surface area contributed by atoms with E-state index in [9.17, 15) is 22.4 Å². The fourth-order valence-corrected chi connectivity index (χ4v) is 2.32. The van der Waals surface area contributed by atoms with E-state index in [0.717, 1.165) is 17.8 Å². The normalized spacial score (nSPS) is 11.8. The van der Waals surface area contributed by atoms with Crippen LogP contribution in [0.5, 0.6) is 0 Å². The van der Waals surface area contributed by atoms with E-state index in [0.29, 0.717) is 11.7 Å². The van der Waals surface area contributed by atoms with Gasteiger partial charge in [-0.1, -0.05) is 18.3 Å². The molecule has 0 spiro atoms. The number of nitrogens with zero attached hydrogens (tertiary/aromatic N) is 2. The number of anilines is 2. The maximum Gasteiger partial charge on any atom is 0.324 e. The lowest BCUT2D eigenvalue weighted by atomic mass is 10.3. The first-order valence-corrected chi connectivity index (χ1v) is 6.92. The summed E-state index contributed by atoms with van der Waals surface area (Å²) in [7, 11) is 1.74. The van der Waals surface area contributed by atoms with Crippen LogP contribution in [0.15, 0.2) is 0 Å². The molecule has 0 saturated carbocycles. The van der Waals surface area contributed by atoms with Gasteiger partial charge in [0.05, 0.1) is 6.54 Å². The number of carbonyl (C=O) groups is 1. The van der Waals surface area contributed by atoms with Crippen LogP contribution < -0.4 is 16.0 Å². The number of hydrogen-bond acceptors (Lipinski definition) is 5. The summed E-state index contributed by atoms with van der Waals surface area (Å²) in [5.41, 5.74) is 5.55. The van der Waals surface area contributed by atoms with Crippen LogP contribution in [0.1, 0.15) is 23.0 Å². The van der Waals surface area contributed by atoms with Crippen molar-refractivity contribution in [2.45, 2.75) is 25.7 Å².